The summed E-state index contributed by atoms with van der Waals surface area (Å²) in [6.07, 6.45) is 0. The van der Waals surface area contributed by atoms with Gasteiger partial charge in [0.15, 0.2) is 10.9 Å². The number of carbonyl (C=O) groups excluding carboxylic acids is 2. The Morgan fingerprint density at radius 3 is 2.45 bits per heavy atom. The molecule has 0 aliphatic rings. The first-order valence-corrected chi connectivity index (χ1v) is 11.3. The summed E-state index contributed by atoms with van der Waals surface area (Å²) in [6, 6.07) is 14.7. The largest absolute Gasteiger partial charge is 0.465 e. The zero-order chi connectivity index (χ0) is 23.7. The van der Waals surface area contributed by atoms with E-state index in [1.807, 2.05) is 37.3 Å². The monoisotopic (exact) mass is 461 g/mol. The van der Waals surface area contributed by atoms with Crippen LogP contribution in [-0.4, -0.2) is 39.2 Å². The molecule has 8 heteroatoms. The molecule has 2 heterocycles. The molecule has 0 aliphatic carbocycles. The summed E-state index contributed by atoms with van der Waals surface area (Å²) < 4.78 is 6.36. The van der Waals surface area contributed by atoms with E-state index in [2.05, 4.69) is 9.97 Å². The average molecular weight is 462 g/mol. The minimum Gasteiger partial charge on any atom is -0.465 e. The molecule has 0 fully saturated rings. The van der Waals surface area contributed by atoms with Crippen molar-refractivity contribution in [1.29, 1.82) is 0 Å². The number of fused-ring (bicyclic) bond motifs is 1. The number of aryl methyl sites for hydroxylation is 2. The Balaban J connectivity index is 1.73. The van der Waals surface area contributed by atoms with Gasteiger partial charge in [0.05, 0.1) is 40.7 Å². The first-order valence-electron chi connectivity index (χ1n) is 10.3. The van der Waals surface area contributed by atoms with Crippen LogP contribution in [0.5, 0.6) is 0 Å². The smallest absolute Gasteiger partial charge is 0.339 e. The Kier molecular flexibility index (Phi) is 6.20. The van der Waals surface area contributed by atoms with Gasteiger partial charge in [0, 0.05) is 5.69 Å². The number of hydrogen-bond acceptors (Lipinski definition) is 6. The summed E-state index contributed by atoms with van der Waals surface area (Å²) in [5, 5.41) is 0.928. The normalized spacial score (nSPS) is 11.0. The minimum atomic E-state index is -0.489. The highest BCUT2D eigenvalue weighted by molar-refractivity contribution is 7.99. The Hall–Kier alpha value is -3.65. The third kappa shape index (κ3) is 4.21. The summed E-state index contributed by atoms with van der Waals surface area (Å²) in [4.78, 5) is 46.1. The van der Waals surface area contributed by atoms with Crippen LogP contribution in [0.2, 0.25) is 0 Å². The number of nitrogens with zero attached hydrogens (tertiary/aromatic N) is 2. The van der Waals surface area contributed by atoms with E-state index in [9.17, 15) is 14.4 Å². The average Bonchev–Trinajstić information content (AvgIpc) is 3.12. The Morgan fingerprint density at radius 1 is 1.06 bits per heavy atom. The highest BCUT2D eigenvalue weighted by Crippen LogP contribution is 2.25. The van der Waals surface area contributed by atoms with Gasteiger partial charge in [-0.15, -0.1) is 0 Å². The second-order valence-corrected chi connectivity index (χ2v) is 8.66. The van der Waals surface area contributed by atoms with Gasteiger partial charge in [-0.1, -0.05) is 41.6 Å². The second-order valence-electron chi connectivity index (χ2n) is 7.72. The van der Waals surface area contributed by atoms with Crippen molar-refractivity contribution < 1.29 is 14.3 Å². The number of ether oxygens (including phenoxy) is 1. The maximum absolute atomic E-state index is 13.3. The van der Waals surface area contributed by atoms with Crippen LogP contribution in [0.3, 0.4) is 0 Å². The quantitative estimate of drug-likeness (QED) is 0.198. The molecule has 7 nitrogen and oxygen atoms in total. The lowest BCUT2D eigenvalue weighted by molar-refractivity contribution is 0.0599. The number of rotatable bonds is 6. The van der Waals surface area contributed by atoms with E-state index in [-0.39, 0.29) is 17.1 Å². The van der Waals surface area contributed by atoms with E-state index in [0.717, 1.165) is 5.56 Å². The number of hydrogen-bond donors (Lipinski definition) is 1. The number of carbonyl (C=O) groups is 2. The lowest BCUT2D eigenvalue weighted by atomic mass is 10.1. The van der Waals surface area contributed by atoms with Crippen LogP contribution in [0.4, 0.5) is 0 Å². The molecule has 0 saturated heterocycles. The number of para-hydroxylation sites is 1. The van der Waals surface area contributed by atoms with Crippen molar-refractivity contribution in [1.82, 2.24) is 14.5 Å². The minimum absolute atomic E-state index is 0.0397. The van der Waals surface area contributed by atoms with E-state index in [1.165, 1.54) is 23.4 Å². The highest BCUT2D eigenvalue weighted by Gasteiger charge is 2.23. The molecule has 0 amide bonds. The van der Waals surface area contributed by atoms with Crippen molar-refractivity contribution in [3.05, 3.63) is 87.0 Å². The number of aromatic nitrogens is 3. The number of aromatic amines is 1. The fraction of sp³-hybridized carbons (Fsp3) is 0.200. The van der Waals surface area contributed by atoms with E-state index < -0.39 is 5.97 Å². The number of nitrogens with one attached hydrogen (secondary N) is 1. The molecule has 0 radical (unpaired) electrons. The third-order valence-electron chi connectivity index (χ3n) is 5.48. The van der Waals surface area contributed by atoms with E-state index in [4.69, 9.17) is 4.74 Å². The van der Waals surface area contributed by atoms with Gasteiger partial charge in [0.1, 0.15) is 0 Å². The zero-order valence-electron chi connectivity index (χ0n) is 18.8. The Morgan fingerprint density at radius 2 is 1.76 bits per heavy atom. The third-order valence-corrected chi connectivity index (χ3v) is 6.41. The van der Waals surface area contributed by atoms with Gasteiger partial charge < -0.3 is 9.72 Å². The van der Waals surface area contributed by atoms with Crippen LogP contribution < -0.4 is 5.56 Å². The Labute approximate surface area is 194 Å². The van der Waals surface area contributed by atoms with Crippen LogP contribution in [-0.2, 0) is 4.74 Å². The van der Waals surface area contributed by atoms with Crippen molar-refractivity contribution in [2.45, 2.75) is 25.9 Å². The molecule has 0 saturated carbocycles. The van der Waals surface area contributed by atoms with Gasteiger partial charge in [0.2, 0.25) is 0 Å². The summed E-state index contributed by atoms with van der Waals surface area (Å²) in [5.41, 5.74) is 3.97. The molecule has 4 aromatic rings. The number of Topliss-reactive ketones (excluding diaryl/α,β-unsaturated/α-hetero) is 1. The molecule has 168 valence electrons. The molecule has 0 unspecified atom stereocenters. The van der Waals surface area contributed by atoms with E-state index in [0.29, 0.717) is 44.3 Å². The lowest BCUT2D eigenvalue weighted by Gasteiger charge is -2.13. The van der Waals surface area contributed by atoms with E-state index >= 15 is 0 Å². The standard InChI is InChI=1S/C25H23N3O4S/c1-14-9-11-17(12-10-14)28-23(30)18-7-5-6-8-19(18)27-25(28)33-13-20(29)22-15(2)21(16(3)26-22)24(31)32-4/h5-12,26H,13H2,1-4H3. The lowest BCUT2D eigenvalue weighted by Crippen LogP contribution is -2.22. The molecule has 0 bridgehead atoms. The molecule has 2 aromatic heterocycles. The number of thioether (sulfide) groups is 1. The summed E-state index contributed by atoms with van der Waals surface area (Å²) in [7, 11) is 1.31. The van der Waals surface area contributed by atoms with Gasteiger partial charge in [-0.3, -0.25) is 14.2 Å². The first-order chi connectivity index (χ1) is 15.8. The molecule has 1 N–H and O–H groups in total. The molecule has 0 spiro atoms. The number of ketones is 1. The van der Waals surface area contributed by atoms with Gasteiger partial charge >= 0.3 is 5.97 Å². The van der Waals surface area contributed by atoms with Crippen molar-refractivity contribution in [2.75, 3.05) is 12.9 Å². The topological polar surface area (TPSA) is 94.1 Å². The van der Waals surface area contributed by atoms with Crippen molar-refractivity contribution in [3.63, 3.8) is 0 Å². The molecule has 0 aliphatic heterocycles. The SMILES string of the molecule is COC(=O)c1c(C)[nH]c(C(=O)CSc2nc3ccccc3c(=O)n2-c2ccc(C)cc2)c1C. The van der Waals surface area contributed by atoms with Crippen LogP contribution >= 0.6 is 11.8 Å². The highest BCUT2D eigenvalue weighted by atomic mass is 32.2. The Bertz CT molecular complexity index is 1430. The van der Waals surface area contributed by atoms with Crippen molar-refractivity contribution >= 4 is 34.4 Å². The van der Waals surface area contributed by atoms with Crippen LogP contribution in [0.25, 0.3) is 16.6 Å². The van der Waals surface area contributed by atoms with Crippen molar-refractivity contribution in [3.8, 4) is 5.69 Å². The fourth-order valence-corrected chi connectivity index (χ4v) is 4.65. The van der Waals surface area contributed by atoms with E-state index in [1.54, 1.807) is 32.0 Å². The number of benzene rings is 2. The first kappa shape index (κ1) is 22.5. The predicted molar refractivity (Wildman–Crippen MR) is 129 cm³/mol. The maximum atomic E-state index is 13.3. The molecule has 4 rings (SSSR count). The summed E-state index contributed by atoms with van der Waals surface area (Å²) in [6.45, 7) is 5.41. The fourth-order valence-electron chi connectivity index (χ4n) is 3.77. The van der Waals surface area contributed by atoms with Gasteiger partial charge in [-0.25, -0.2) is 9.78 Å². The summed E-state index contributed by atoms with van der Waals surface area (Å²) in [5.74, 6) is -0.649. The van der Waals surface area contributed by atoms with Crippen molar-refractivity contribution in [2.24, 2.45) is 0 Å². The molecule has 2 aromatic carbocycles. The zero-order valence-corrected chi connectivity index (χ0v) is 19.6. The van der Waals surface area contributed by atoms with Gasteiger partial charge in [-0.2, -0.15) is 0 Å². The van der Waals surface area contributed by atoms with Crippen LogP contribution in [0, 0.1) is 20.8 Å². The van der Waals surface area contributed by atoms with Gasteiger partial charge in [-0.05, 0) is 50.6 Å². The number of methoxy groups -OCH3 is 1. The maximum Gasteiger partial charge on any atom is 0.339 e. The molecular weight excluding hydrogens is 438 g/mol. The number of esters is 1. The molecular formula is C25H23N3O4S. The van der Waals surface area contributed by atoms with Crippen LogP contribution in [0.15, 0.2) is 58.5 Å². The number of H-pyrrole nitrogens is 1. The second kappa shape index (κ2) is 9.07. The molecule has 0 atom stereocenters. The summed E-state index contributed by atoms with van der Waals surface area (Å²) >= 11 is 1.18. The van der Waals surface area contributed by atoms with Gasteiger partial charge in [0.25, 0.3) is 5.56 Å². The van der Waals surface area contributed by atoms with Crippen LogP contribution in [0.1, 0.15) is 37.7 Å². The predicted octanol–water partition coefficient (Wildman–Crippen LogP) is 4.40. The molecule has 33 heavy (non-hydrogen) atoms.